The first-order chi connectivity index (χ1) is 7.67. The highest BCUT2D eigenvalue weighted by Gasteiger charge is 2.16. The van der Waals surface area contributed by atoms with Crippen LogP contribution in [-0.2, 0) is 16.5 Å². The molecule has 84 valence electrons. The first-order valence-corrected chi connectivity index (χ1v) is 6.00. The van der Waals surface area contributed by atoms with E-state index in [9.17, 15) is 4.79 Å². The van der Waals surface area contributed by atoms with Crippen LogP contribution in [0.1, 0.15) is 34.0 Å². The van der Waals surface area contributed by atoms with Crippen LogP contribution in [0.3, 0.4) is 0 Å². The number of esters is 1. The molecule has 3 nitrogen and oxygen atoms in total. The van der Waals surface area contributed by atoms with Gasteiger partial charge in [-0.1, -0.05) is 22.9 Å². The molecule has 0 aliphatic heterocycles. The Morgan fingerprint density at radius 1 is 1.50 bits per heavy atom. The fourth-order valence-corrected chi connectivity index (χ4v) is 2.02. The first kappa shape index (κ1) is 12.7. The van der Waals surface area contributed by atoms with Crippen molar-refractivity contribution < 1.29 is 9.53 Å². The lowest BCUT2D eigenvalue weighted by Crippen LogP contribution is -2.09. The number of ether oxygens (including phenoxy) is 1. The summed E-state index contributed by atoms with van der Waals surface area (Å²) in [5.41, 5.74) is 2.78. The molecule has 0 radical (unpaired) electrons. The molecule has 16 heavy (non-hydrogen) atoms. The van der Waals surface area contributed by atoms with Crippen molar-refractivity contribution in [1.82, 2.24) is 0 Å². The summed E-state index contributed by atoms with van der Waals surface area (Å²) in [6.45, 7) is 1.95. The molecule has 0 bridgehead atoms. The van der Waals surface area contributed by atoms with Crippen LogP contribution in [0.2, 0.25) is 0 Å². The van der Waals surface area contributed by atoms with Crippen LogP contribution in [0.25, 0.3) is 0 Å². The second kappa shape index (κ2) is 5.66. The van der Waals surface area contributed by atoms with Gasteiger partial charge in [0, 0.05) is 5.33 Å². The number of alkyl halides is 1. The van der Waals surface area contributed by atoms with E-state index >= 15 is 0 Å². The zero-order valence-electron chi connectivity index (χ0n) is 9.21. The lowest BCUT2D eigenvalue weighted by molar-refractivity contribution is 0.0598. The third-order valence-electron chi connectivity index (χ3n) is 2.35. The lowest BCUT2D eigenvalue weighted by Gasteiger charge is -2.11. The number of halogens is 1. The molecule has 0 unspecified atom stereocenters. The number of methoxy groups -OCH3 is 1. The Hall–Kier alpha value is -1.34. The summed E-state index contributed by atoms with van der Waals surface area (Å²) in [6, 6.07) is 5.53. The van der Waals surface area contributed by atoms with E-state index in [0.29, 0.717) is 22.9 Å². The van der Waals surface area contributed by atoms with Crippen molar-refractivity contribution in [2.24, 2.45) is 0 Å². The molecule has 0 amide bonds. The van der Waals surface area contributed by atoms with Crippen LogP contribution in [-0.4, -0.2) is 13.1 Å². The highest BCUT2D eigenvalue weighted by atomic mass is 79.9. The normalized spacial score (nSPS) is 9.62. The smallest absolute Gasteiger partial charge is 0.338 e. The molecule has 1 aromatic carbocycles. The topological polar surface area (TPSA) is 50.1 Å². The number of benzene rings is 1. The molecule has 0 N–H and O–H groups in total. The average molecular weight is 282 g/mol. The molecule has 1 aromatic rings. The Balaban J connectivity index is 3.44. The first-order valence-electron chi connectivity index (χ1n) is 4.88. The van der Waals surface area contributed by atoms with Gasteiger partial charge >= 0.3 is 5.97 Å². The monoisotopic (exact) mass is 281 g/mol. The van der Waals surface area contributed by atoms with Gasteiger partial charge in [0.1, 0.15) is 0 Å². The van der Waals surface area contributed by atoms with Gasteiger partial charge in [-0.15, -0.1) is 0 Å². The summed E-state index contributed by atoms with van der Waals surface area (Å²) in [5, 5.41) is 9.41. The van der Waals surface area contributed by atoms with E-state index in [2.05, 4.69) is 22.0 Å². The molecule has 0 aromatic heterocycles. The minimum absolute atomic E-state index is 0.351. The predicted octanol–water partition coefficient (Wildman–Crippen LogP) is 2.80. The number of carbonyl (C=O) groups is 1. The van der Waals surface area contributed by atoms with Crippen LogP contribution in [0.4, 0.5) is 0 Å². The predicted molar refractivity (Wildman–Crippen MR) is 64.5 cm³/mol. The van der Waals surface area contributed by atoms with Crippen LogP contribution in [0.15, 0.2) is 12.1 Å². The van der Waals surface area contributed by atoms with Gasteiger partial charge < -0.3 is 4.74 Å². The van der Waals surface area contributed by atoms with Gasteiger partial charge in [-0.05, 0) is 29.7 Å². The summed E-state index contributed by atoms with van der Waals surface area (Å²) in [4.78, 5) is 11.6. The Kier molecular flexibility index (Phi) is 4.51. The standard InChI is InChI=1S/C12H12BrNO2/c1-3-9-4-8(7-14)5-10(6-13)11(9)12(15)16-2/h4-5H,3,6H2,1-2H3. The fraction of sp³-hybridized carbons (Fsp3) is 0.333. The number of nitriles is 1. The average Bonchev–Trinajstić information content (AvgIpc) is 2.35. The van der Waals surface area contributed by atoms with Gasteiger partial charge in [-0.2, -0.15) is 5.26 Å². The molecule has 0 spiro atoms. The molecule has 0 aliphatic rings. The Morgan fingerprint density at radius 3 is 2.56 bits per heavy atom. The van der Waals surface area contributed by atoms with Gasteiger partial charge in [0.05, 0.1) is 24.3 Å². The largest absolute Gasteiger partial charge is 0.465 e. The molecule has 0 atom stereocenters. The van der Waals surface area contributed by atoms with Gasteiger partial charge in [0.2, 0.25) is 0 Å². The maximum atomic E-state index is 11.6. The summed E-state index contributed by atoms with van der Waals surface area (Å²) in [5.74, 6) is -0.351. The maximum absolute atomic E-state index is 11.6. The second-order valence-corrected chi connectivity index (χ2v) is 3.82. The van der Waals surface area contributed by atoms with Crippen LogP contribution in [0, 0.1) is 11.3 Å². The minimum Gasteiger partial charge on any atom is -0.465 e. The molecule has 1 rings (SSSR count). The Morgan fingerprint density at radius 2 is 2.12 bits per heavy atom. The molecule has 0 saturated carbocycles. The molecule has 4 heteroatoms. The third kappa shape index (κ3) is 2.42. The molecular weight excluding hydrogens is 270 g/mol. The Labute approximate surface area is 103 Å². The molecule has 0 heterocycles. The van der Waals surface area contributed by atoms with Crippen molar-refractivity contribution in [3.8, 4) is 6.07 Å². The quantitative estimate of drug-likeness (QED) is 0.632. The van der Waals surface area contributed by atoms with Crippen molar-refractivity contribution in [1.29, 1.82) is 5.26 Å². The summed E-state index contributed by atoms with van der Waals surface area (Å²) >= 11 is 3.32. The summed E-state index contributed by atoms with van der Waals surface area (Å²) in [7, 11) is 1.36. The minimum atomic E-state index is -0.351. The van der Waals surface area contributed by atoms with Crippen molar-refractivity contribution in [2.45, 2.75) is 18.7 Å². The van der Waals surface area contributed by atoms with E-state index < -0.39 is 0 Å². The van der Waals surface area contributed by atoms with E-state index in [4.69, 9.17) is 10.00 Å². The second-order valence-electron chi connectivity index (χ2n) is 3.26. The van der Waals surface area contributed by atoms with Gasteiger partial charge in [-0.3, -0.25) is 0 Å². The van der Waals surface area contributed by atoms with E-state index in [1.807, 2.05) is 6.92 Å². The molecule has 0 fully saturated rings. The van der Waals surface area contributed by atoms with E-state index in [-0.39, 0.29) is 5.97 Å². The summed E-state index contributed by atoms with van der Waals surface area (Å²) < 4.78 is 4.75. The van der Waals surface area contributed by atoms with Crippen molar-refractivity contribution in [2.75, 3.05) is 7.11 Å². The lowest BCUT2D eigenvalue weighted by atomic mass is 9.97. The SMILES string of the molecule is CCc1cc(C#N)cc(CBr)c1C(=O)OC. The van der Waals surface area contributed by atoms with Gasteiger partial charge in [-0.25, -0.2) is 4.79 Å². The number of nitrogens with zero attached hydrogens (tertiary/aromatic N) is 1. The van der Waals surface area contributed by atoms with Crippen molar-refractivity contribution in [3.63, 3.8) is 0 Å². The van der Waals surface area contributed by atoms with E-state index in [1.165, 1.54) is 7.11 Å². The van der Waals surface area contributed by atoms with Crippen LogP contribution < -0.4 is 0 Å². The number of hydrogen-bond acceptors (Lipinski definition) is 3. The van der Waals surface area contributed by atoms with Gasteiger partial charge in [0.15, 0.2) is 0 Å². The van der Waals surface area contributed by atoms with E-state index in [1.54, 1.807) is 12.1 Å². The van der Waals surface area contributed by atoms with Crippen LogP contribution in [0.5, 0.6) is 0 Å². The molecular formula is C12H12BrNO2. The molecule has 0 saturated heterocycles. The summed E-state index contributed by atoms with van der Waals surface area (Å²) in [6.07, 6.45) is 0.694. The highest BCUT2D eigenvalue weighted by molar-refractivity contribution is 9.08. The fourth-order valence-electron chi connectivity index (χ4n) is 1.58. The zero-order valence-corrected chi connectivity index (χ0v) is 10.8. The number of rotatable bonds is 3. The van der Waals surface area contributed by atoms with Crippen molar-refractivity contribution >= 4 is 21.9 Å². The van der Waals surface area contributed by atoms with Crippen LogP contribution >= 0.6 is 15.9 Å². The maximum Gasteiger partial charge on any atom is 0.338 e. The number of aryl methyl sites for hydroxylation is 1. The third-order valence-corrected chi connectivity index (χ3v) is 2.95. The van der Waals surface area contributed by atoms with E-state index in [0.717, 1.165) is 11.1 Å². The zero-order chi connectivity index (χ0) is 12.1. The number of carbonyl (C=O) groups excluding carboxylic acids is 1. The van der Waals surface area contributed by atoms with Gasteiger partial charge in [0.25, 0.3) is 0 Å². The Bertz CT molecular complexity index is 424. The van der Waals surface area contributed by atoms with Crippen molar-refractivity contribution in [3.05, 3.63) is 34.4 Å². The number of hydrogen-bond donors (Lipinski definition) is 0. The highest BCUT2D eigenvalue weighted by Crippen LogP contribution is 2.21. The molecule has 0 aliphatic carbocycles.